The van der Waals surface area contributed by atoms with Crippen molar-refractivity contribution < 1.29 is 27.5 Å². The average molecular weight is 406 g/mol. The van der Waals surface area contributed by atoms with Crippen molar-refractivity contribution in [3.05, 3.63) is 36.5 Å². The largest absolute Gasteiger partial charge is 0.490 e. The van der Waals surface area contributed by atoms with Gasteiger partial charge in [-0.25, -0.2) is 23.5 Å². The number of hydrogen-bond acceptors (Lipinski definition) is 6. The molecule has 3 N–H and O–H groups in total. The van der Waals surface area contributed by atoms with Crippen LogP contribution in [0.3, 0.4) is 0 Å². The van der Waals surface area contributed by atoms with E-state index >= 15 is 0 Å². The first-order chi connectivity index (χ1) is 13.7. The lowest BCUT2D eigenvalue weighted by Gasteiger charge is -2.13. The van der Waals surface area contributed by atoms with Crippen LogP contribution < -0.4 is 20.5 Å². The first kappa shape index (κ1) is 20.3. The van der Waals surface area contributed by atoms with Gasteiger partial charge in [-0.3, -0.25) is 0 Å². The molecule has 0 aliphatic carbocycles. The van der Waals surface area contributed by atoms with Crippen LogP contribution in [0.15, 0.2) is 40.9 Å². The van der Waals surface area contributed by atoms with E-state index in [1.807, 2.05) is 0 Å². The molecule has 29 heavy (non-hydrogen) atoms. The van der Waals surface area contributed by atoms with Gasteiger partial charge in [0.25, 0.3) is 5.92 Å². The van der Waals surface area contributed by atoms with E-state index in [-0.39, 0.29) is 24.3 Å². The lowest BCUT2D eigenvalue weighted by atomic mass is 10.3. The van der Waals surface area contributed by atoms with E-state index in [0.29, 0.717) is 22.5 Å². The Labute approximate surface area is 165 Å². The number of rotatable bonds is 8. The number of alkyl halides is 2. The second kappa shape index (κ2) is 8.29. The number of nitrogens with one attached hydrogen (secondary N) is 1. The first-order valence-corrected chi connectivity index (χ1v) is 8.76. The number of benzene rings is 1. The van der Waals surface area contributed by atoms with Gasteiger partial charge in [0.15, 0.2) is 12.2 Å². The number of oxazole rings is 1. The summed E-state index contributed by atoms with van der Waals surface area (Å²) in [5.74, 6) is -1.90. The van der Waals surface area contributed by atoms with Gasteiger partial charge in [0.05, 0.1) is 12.2 Å². The minimum atomic E-state index is -2.93. The summed E-state index contributed by atoms with van der Waals surface area (Å²) < 4.78 is 42.1. The third-order valence-corrected chi connectivity index (χ3v) is 3.70. The molecule has 8 nitrogen and oxygen atoms in total. The lowest BCUT2D eigenvalue weighted by Crippen LogP contribution is -2.40. The van der Waals surface area contributed by atoms with E-state index in [1.165, 1.54) is 12.3 Å². The van der Waals surface area contributed by atoms with Gasteiger partial charge in [-0.1, -0.05) is 0 Å². The van der Waals surface area contributed by atoms with Crippen LogP contribution in [0.25, 0.3) is 22.7 Å². The number of aromatic nitrogens is 2. The molecule has 0 spiro atoms. The Morgan fingerprint density at radius 3 is 2.69 bits per heavy atom. The molecule has 0 bridgehead atoms. The summed E-state index contributed by atoms with van der Waals surface area (Å²) in [6, 6.07) is 7.15. The van der Waals surface area contributed by atoms with Crippen molar-refractivity contribution in [1.82, 2.24) is 15.3 Å². The van der Waals surface area contributed by atoms with E-state index < -0.39 is 18.6 Å². The standard InChI is InChI=1S/C19H20F2N4O4/c1-11(24-18(22)26)9-27-13-4-6-15(23-8-13)17-25-14-5-3-12(7-16(14)29-17)28-10-19(2,20)21/h3-8,11H,9-10H2,1-2H3,(H3,22,24,26)/t11-/m0/s1. The normalized spacial score (nSPS) is 12.6. The zero-order valence-corrected chi connectivity index (χ0v) is 15.8. The van der Waals surface area contributed by atoms with Gasteiger partial charge in [-0.2, -0.15) is 0 Å². The zero-order chi connectivity index (χ0) is 21.0. The minimum Gasteiger partial charge on any atom is -0.490 e. The molecule has 0 aliphatic heterocycles. The third kappa shape index (κ3) is 5.77. The van der Waals surface area contributed by atoms with Crippen LogP contribution in [0.4, 0.5) is 13.6 Å². The van der Waals surface area contributed by atoms with Crippen molar-refractivity contribution in [1.29, 1.82) is 0 Å². The monoisotopic (exact) mass is 406 g/mol. The molecule has 2 aromatic heterocycles. The van der Waals surface area contributed by atoms with E-state index in [9.17, 15) is 13.6 Å². The maximum Gasteiger partial charge on any atom is 0.312 e. The highest BCUT2D eigenvalue weighted by Crippen LogP contribution is 2.27. The summed E-state index contributed by atoms with van der Waals surface area (Å²) in [6.45, 7) is 2.04. The number of primary amides is 1. The number of ether oxygens (including phenoxy) is 2. The number of pyridine rings is 1. The minimum absolute atomic E-state index is 0.229. The van der Waals surface area contributed by atoms with Crippen molar-refractivity contribution >= 4 is 17.1 Å². The molecule has 3 rings (SSSR count). The smallest absolute Gasteiger partial charge is 0.312 e. The fourth-order valence-electron chi connectivity index (χ4n) is 2.41. The fourth-order valence-corrected chi connectivity index (χ4v) is 2.41. The van der Waals surface area contributed by atoms with E-state index in [0.717, 1.165) is 6.92 Å². The van der Waals surface area contributed by atoms with Crippen LogP contribution in [0.1, 0.15) is 13.8 Å². The number of carbonyl (C=O) groups excluding carboxylic acids is 1. The number of urea groups is 1. The molecule has 0 aliphatic rings. The van der Waals surface area contributed by atoms with Gasteiger partial charge in [0.1, 0.15) is 29.3 Å². The summed E-state index contributed by atoms with van der Waals surface area (Å²) >= 11 is 0. The third-order valence-electron chi connectivity index (χ3n) is 3.70. The Balaban J connectivity index is 1.67. The Morgan fingerprint density at radius 2 is 2.03 bits per heavy atom. The summed E-state index contributed by atoms with van der Waals surface area (Å²) in [6.07, 6.45) is 1.50. The molecule has 1 atom stereocenters. The molecule has 1 aromatic carbocycles. The van der Waals surface area contributed by atoms with Crippen LogP contribution in [0.5, 0.6) is 11.5 Å². The molecule has 154 valence electrons. The topological polar surface area (TPSA) is 112 Å². The molecule has 10 heteroatoms. The molecule has 0 radical (unpaired) electrons. The van der Waals surface area contributed by atoms with E-state index in [2.05, 4.69) is 15.3 Å². The molecule has 3 aromatic rings. The number of nitrogens with two attached hydrogens (primary N) is 1. The van der Waals surface area contributed by atoms with Gasteiger partial charge in [-0.15, -0.1) is 0 Å². The number of amides is 2. The number of halogens is 2. The van der Waals surface area contributed by atoms with Gasteiger partial charge in [-0.05, 0) is 31.2 Å². The molecular formula is C19H20F2N4O4. The highest BCUT2D eigenvalue weighted by atomic mass is 19.3. The predicted octanol–water partition coefficient (Wildman–Crippen LogP) is 3.36. The Kier molecular flexibility index (Phi) is 5.81. The average Bonchev–Trinajstić information content (AvgIpc) is 3.07. The van der Waals surface area contributed by atoms with E-state index in [1.54, 1.807) is 31.2 Å². The SMILES string of the molecule is C[C@@H](COc1ccc(-c2nc3ccc(OCC(C)(F)F)cc3o2)nc1)NC(N)=O. The molecular weight excluding hydrogens is 386 g/mol. The number of carbonyl (C=O) groups is 1. The van der Waals surface area contributed by atoms with E-state index in [4.69, 9.17) is 19.6 Å². The van der Waals surface area contributed by atoms with Crippen LogP contribution in [0, 0.1) is 0 Å². The van der Waals surface area contributed by atoms with Gasteiger partial charge in [0.2, 0.25) is 5.89 Å². The van der Waals surface area contributed by atoms with Crippen LogP contribution in [-0.4, -0.2) is 41.2 Å². The number of fused-ring (bicyclic) bond motifs is 1. The second-order valence-corrected chi connectivity index (χ2v) is 6.61. The van der Waals surface area contributed by atoms with Crippen LogP contribution >= 0.6 is 0 Å². The molecule has 2 amide bonds. The van der Waals surface area contributed by atoms with Crippen molar-refractivity contribution in [2.75, 3.05) is 13.2 Å². The molecule has 0 saturated heterocycles. The van der Waals surface area contributed by atoms with Gasteiger partial charge in [0, 0.05) is 13.0 Å². The molecule has 0 unspecified atom stereocenters. The van der Waals surface area contributed by atoms with Crippen LogP contribution in [0.2, 0.25) is 0 Å². The van der Waals surface area contributed by atoms with Crippen molar-refractivity contribution in [2.24, 2.45) is 5.73 Å². The quantitative estimate of drug-likeness (QED) is 0.593. The fraction of sp³-hybridized carbons (Fsp3) is 0.316. The van der Waals surface area contributed by atoms with Gasteiger partial charge < -0.3 is 24.9 Å². The maximum atomic E-state index is 12.9. The predicted molar refractivity (Wildman–Crippen MR) is 101 cm³/mol. The molecule has 2 heterocycles. The first-order valence-electron chi connectivity index (χ1n) is 8.76. The highest BCUT2D eigenvalue weighted by Gasteiger charge is 2.22. The number of hydrogen-bond donors (Lipinski definition) is 2. The van der Waals surface area contributed by atoms with Crippen molar-refractivity contribution in [2.45, 2.75) is 25.8 Å². The lowest BCUT2D eigenvalue weighted by molar-refractivity contribution is -0.0229. The zero-order valence-electron chi connectivity index (χ0n) is 15.8. The highest BCUT2D eigenvalue weighted by molar-refractivity contribution is 5.77. The summed E-state index contributed by atoms with van der Waals surface area (Å²) in [4.78, 5) is 19.4. The summed E-state index contributed by atoms with van der Waals surface area (Å²) in [5.41, 5.74) is 6.46. The molecule has 0 fully saturated rings. The Bertz CT molecular complexity index is 986. The van der Waals surface area contributed by atoms with Crippen molar-refractivity contribution in [3.63, 3.8) is 0 Å². The second-order valence-electron chi connectivity index (χ2n) is 6.61. The maximum absolute atomic E-state index is 12.9. The van der Waals surface area contributed by atoms with Crippen LogP contribution in [-0.2, 0) is 0 Å². The Hall–Kier alpha value is -3.43. The van der Waals surface area contributed by atoms with Gasteiger partial charge >= 0.3 is 6.03 Å². The summed E-state index contributed by atoms with van der Waals surface area (Å²) in [5, 5.41) is 2.50. The molecule has 0 saturated carbocycles. The number of nitrogens with zero attached hydrogens (tertiary/aromatic N) is 2. The Morgan fingerprint density at radius 1 is 1.28 bits per heavy atom. The summed E-state index contributed by atoms with van der Waals surface area (Å²) in [7, 11) is 0. The van der Waals surface area contributed by atoms with Crippen molar-refractivity contribution in [3.8, 4) is 23.1 Å².